The highest BCUT2D eigenvalue weighted by molar-refractivity contribution is 7.99. The average molecular weight is 157 g/mol. The van der Waals surface area contributed by atoms with E-state index < -0.39 is 0 Å². The van der Waals surface area contributed by atoms with Gasteiger partial charge in [-0.2, -0.15) is 11.8 Å². The van der Waals surface area contributed by atoms with Gasteiger partial charge in [0.25, 0.3) is 0 Å². The Labute approximate surface area is 64.8 Å². The highest BCUT2D eigenvalue weighted by Gasteiger charge is 2.43. The molecule has 1 unspecified atom stereocenters. The zero-order valence-corrected chi connectivity index (χ0v) is 6.67. The molecule has 2 rings (SSSR count). The Hall–Kier alpha value is -0.0200. The van der Waals surface area contributed by atoms with Gasteiger partial charge in [0.15, 0.2) is 5.78 Å². The van der Waals surface area contributed by atoms with Gasteiger partial charge in [0.2, 0.25) is 0 Å². The average Bonchev–Trinajstić information content (AvgIpc) is 2.48. The molecule has 1 atom stereocenters. The summed E-state index contributed by atoms with van der Waals surface area (Å²) in [6, 6.07) is 0. The smallest absolute Gasteiger partial charge is 0.155 e. The topological polar surface area (TPSA) is 29.1 Å². The van der Waals surface area contributed by atoms with Gasteiger partial charge in [-0.15, -0.1) is 0 Å². The summed E-state index contributed by atoms with van der Waals surface area (Å²) in [4.78, 5) is 11.3. The molecule has 0 aliphatic carbocycles. The Bertz CT molecular complexity index is 157. The molecule has 0 aromatic rings. The molecule has 2 aliphatic heterocycles. The number of thioether (sulfide) groups is 1. The maximum Gasteiger partial charge on any atom is 0.155 e. The van der Waals surface area contributed by atoms with Gasteiger partial charge in [-0.1, -0.05) is 0 Å². The zero-order chi connectivity index (χ0) is 7.03. The van der Waals surface area contributed by atoms with Gasteiger partial charge in [-0.05, 0) is 12.2 Å². The molecule has 10 heavy (non-hydrogen) atoms. The molecule has 0 aromatic heterocycles. The van der Waals surface area contributed by atoms with E-state index in [0.717, 1.165) is 30.9 Å². The van der Waals surface area contributed by atoms with Crippen molar-refractivity contribution in [2.24, 2.45) is 0 Å². The van der Waals surface area contributed by atoms with E-state index in [1.54, 1.807) is 0 Å². The van der Waals surface area contributed by atoms with Crippen molar-refractivity contribution >= 4 is 17.5 Å². The number of carbonyl (C=O) groups excluding carboxylic acids is 1. The van der Waals surface area contributed by atoms with Crippen molar-refractivity contribution in [2.75, 3.05) is 18.1 Å². The fourth-order valence-electron chi connectivity index (χ4n) is 1.68. The van der Waals surface area contributed by atoms with Crippen molar-refractivity contribution < 1.29 is 4.79 Å². The van der Waals surface area contributed by atoms with Crippen LogP contribution in [0.5, 0.6) is 0 Å². The van der Waals surface area contributed by atoms with Gasteiger partial charge >= 0.3 is 0 Å². The SMILES string of the molecule is O=C1CCNC12CCSC2. The molecule has 1 spiro atoms. The number of rotatable bonds is 0. The van der Waals surface area contributed by atoms with Crippen molar-refractivity contribution in [1.82, 2.24) is 5.32 Å². The van der Waals surface area contributed by atoms with E-state index in [4.69, 9.17) is 0 Å². The molecule has 0 aromatic carbocycles. The zero-order valence-electron chi connectivity index (χ0n) is 5.85. The molecule has 0 radical (unpaired) electrons. The maximum absolute atomic E-state index is 11.3. The molecule has 2 aliphatic rings. The van der Waals surface area contributed by atoms with Crippen molar-refractivity contribution in [3.63, 3.8) is 0 Å². The van der Waals surface area contributed by atoms with Crippen molar-refractivity contribution in [3.8, 4) is 0 Å². The number of hydrogen-bond acceptors (Lipinski definition) is 3. The van der Waals surface area contributed by atoms with E-state index in [1.165, 1.54) is 0 Å². The van der Waals surface area contributed by atoms with Gasteiger partial charge in [0, 0.05) is 18.7 Å². The standard InChI is InChI=1S/C7H11NOS/c9-6-1-3-8-7(6)2-4-10-5-7/h8H,1-5H2. The summed E-state index contributed by atoms with van der Waals surface area (Å²) >= 11 is 1.89. The third-order valence-electron chi connectivity index (χ3n) is 2.37. The third kappa shape index (κ3) is 0.805. The summed E-state index contributed by atoms with van der Waals surface area (Å²) in [7, 11) is 0. The Morgan fingerprint density at radius 2 is 2.50 bits per heavy atom. The summed E-state index contributed by atoms with van der Waals surface area (Å²) in [6.07, 6.45) is 1.80. The van der Waals surface area contributed by atoms with Gasteiger partial charge in [0.1, 0.15) is 0 Å². The van der Waals surface area contributed by atoms with Crippen LogP contribution in [-0.2, 0) is 4.79 Å². The second-order valence-electron chi connectivity index (χ2n) is 2.98. The lowest BCUT2D eigenvalue weighted by Crippen LogP contribution is -2.45. The van der Waals surface area contributed by atoms with Gasteiger partial charge in [0.05, 0.1) is 5.54 Å². The van der Waals surface area contributed by atoms with Crippen LogP contribution in [0.2, 0.25) is 0 Å². The minimum Gasteiger partial charge on any atom is -0.304 e. The van der Waals surface area contributed by atoms with Crippen LogP contribution in [0, 0.1) is 0 Å². The fourth-order valence-corrected chi connectivity index (χ4v) is 3.07. The molecule has 1 N–H and O–H groups in total. The van der Waals surface area contributed by atoms with Crippen LogP contribution in [0.25, 0.3) is 0 Å². The lowest BCUT2D eigenvalue weighted by atomic mass is 9.96. The summed E-state index contributed by atoms with van der Waals surface area (Å²) in [5.41, 5.74) is -0.0787. The maximum atomic E-state index is 11.3. The summed E-state index contributed by atoms with van der Waals surface area (Å²) < 4.78 is 0. The normalized spacial score (nSPS) is 39.8. The van der Waals surface area contributed by atoms with Crippen molar-refractivity contribution in [2.45, 2.75) is 18.4 Å². The molecule has 2 nitrogen and oxygen atoms in total. The Kier molecular flexibility index (Phi) is 1.49. The number of ketones is 1. The van der Waals surface area contributed by atoms with Crippen LogP contribution in [0.3, 0.4) is 0 Å². The number of nitrogens with one attached hydrogen (secondary N) is 1. The van der Waals surface area contributed by atoms with Crippen LogP contribution in [0.4, 0.5) is 0 Å². The first-order chi connectivity index (χ1) is 4.83. The minimum absolute atomic E-state index is 0.0787. The largest absolute Gasteiger partial charge is 0.304 e. The molecule has 2 heterocycles. The number of Topliss-reactive ketones (excluding diaryl/α,β-unsaturated/α-hetero) is 1. The third-order valence-corrected chi connectivity index (χ3v) is 3.56. The summed E-state index contributed by atoms with van der Waals surface area (Å²) in [5.74, 6) is 2.60. The Morgan fingerprint density at radius 3 is 3.00 bits per heavy atom. The van der Waals surface area contributed by atoms with Crippen molar-refractivity contribution in [3.05, 3.63) is 0 Å². The van der Waals surface area contributed by atoms with Crippen LogP contribution in [-0.4, -0.2) is 29.4 Å². The van der Waals surface area contributed by atoms with E-state index in [-0.39, 0.29) is 5.54 Å². The first kappa shape index (κ1) is 6.68. The molecule has 3 heteroatoms. The van der Waals surface area contributed by atoms with E-state index >= 15 is 0 Å². The predicted octanol–water partition coefficient (Wildman–Crippen LogP) is 0.425. The predicted molar refractivity (Wildman–Crippen MR) is 42.3 cm³/mol. The molecule has 0 bridgehead atoms. The first-order valence-electron chi connectivity index (χ1n) is 3.70. The Morgan fingerprint density at radius 1 is 1.60 bits per heavy atom. The van der Waals surface area contributed by atoms with Gasteiger partial charge in [-0.3, -0.25) is 4.79 Å². The molecule has 0 amide bonds. The lowest BCUT2D eigenvalue weighted by molar-refractivity contribution is -0.121. The van der Waals surface area contributed by atoms with Crippen LogP contribution in [0.15, 0.2) is 0 Å². The molecular weight excluding hydrogens is 146 g/mol. The Balaban J connectivity index is 2.19. The minimum atomic E-state index is -0.0787. The molecular formula is C7H11NOS. The molecule has 56 valence electrons. The molecule has 0 saturated carbocycles. The highest BCUT2D eigenvalue weighted by Crippen LogP contribution is 2.32. The fraction of sp³-hybridized carbons (Fsp3) is 0.857. The van der Waals surface area contributed by atoms with Crippen molar-refractivity contribution in [1.29, 1.82) is 0 Å². The van der Waals surface area contributed by atoms with E-state index in [9.17, 15) is 4.79 Å². The summed E-state index contributed by atoms with van der Waals surface area (Å²) in [6.45, 7) is 0.902. The number of hydrogen-bond donors (Lipinski definition) is 1. The van der Waals surface area contributed by atoms with Crippen LogP contribution < -0.4 is 5.32 Å². The second kappa shape index (κ2) is 2.24. The van der Waals surface area contributed by atoms with Crippen LogP contribution in [0.1, 0.15) is 12.8 Å². The van der Waals surface area contributed by atoms with Crippen LogP contribution >= 0.6 is 11.8 Å². The quantitative estimate of drug-likeness (QED) is 0.552. The van der Waals surface area contributed by atoms with Gasteiger partial charge in [-0.25, -0.2) is 0 Å². The number of carbonyl (C=O) groups is 1. The molecule has 2 saturated heterocycles. The first-order valence-corrected chi connectivity index (χ1v) is 4.85. The second-order valence-corrected chi connectivity index (χ2v) is 4.09. The lowest BCUT2D eigenvalue weighted by Gasteiger charge is -2.19. The monoisotopic (exact) mass is 157 g/mol. The van der Waals surface area contributed by atoms with E-state index in [0.29, 0.717) is 5.78 Å². The van der Waals surface area contributed by atoms with Gasteiger partial charge < -0.3 is 5.32 Å². The molecule has 2 fully saturated rings. The highest BCUT2D eigenvalue weighted by atomic mass is 32.2. The van der Waals surface area contributed by atoms with E-state index in [1.807, 2.05) is 11.8 Å². The summed E-state index contributed by atoms with van der Waals surface area (Å²) in [5, 5.41) is 3.31. The van der Waals surface area contributed by atoms with E-state index in [2.05, 4.69) is 5.32 Å².